The molecule has 2 aliphatic rings. The van der Waals surface area contributed by atoms with Crippen molar-refractivity contribution >= 4 is 5.97 Å². The molecule has 0 aromatic rings. The molecule has 98 valence electrons. The molecule has 2 rings (SSSR count). The first-order valence-corrected chi connectivity index (χ1v) is 7.37. The molecular weight excluding hydrogens is 212 g/mol. The molecule has 2 nitrogen and oxygen atoms in total. The minimum atomic E-state index is -0.634. The zero-order chi connectivity index (χ0) is 12.3. The van der Waals surface area contributed by atoms with Crippen molar-refractivity contribution in [2.75, 3.05) is 0 Å². The van der Waals surface area contributed by atoms with E-state index in [9.17, 15) is 4.79 Å². The van der Waals surface area contributed by atoms with Crippen LogP contribution < -0.4 is 0 Å². The number of hydrogen-bond donors (Lipinski definition) is 1. The summed E-state index contributed by atoms with van der Waals surface area (Å²) in [5.41, 5.74) is 0. The van der Waals surface area contributed by atoms with Crippen LogP contribution in [0.5, 0.6) is 0 Å². The van der Waals surface area contributed by atoms with Gasteiger partial charge in [-0.3, -0.25) is 4.79 Å². The van der Waals surface area contributed by atoms with Crippen molar-refractivity contribution in [3.63, 3.8) is 0 Å². The highest BCUT2D eigenvalue weighted by atomic mass is 16.4. The molecule has 0 aliphatic heterocycles. The predicted octanol–water partition coefficient (Wildman–Crippen LogP) is 4.09. The normalized spacial score (nSPS) is 37.5. The number of hydrogen-bond acceptors (Lipinski definition) is 1. The van der Waals surface area contributed by atoms with Gasteiger partial charge >= 0.3 is 5.97 Å². The Hall–Kier alpha value is -0.530. The van der Waals surface area contributed by atoms with Gasteiger partial charge in [0.05, 0.1) is 0 Å². The quantitative estimate of drug-likeness (QED) is 0.800. The Morgan fingerprint density at radius 2 is 1.82 bits per heavy atom. The number of fused-ring (bicyclic) bond motifs is 1. The molecule has 2 saturated carbocycles. The summed E-state index contributed by atoms with van der Waals surface area (Å²) in [6.45, 7) is 2.40. The average Bonchev–Trinajstić information content (AvgIpc) is 2.29. The molecule has 0 radical (unpaired) electrons. The molecule has 2 fully saturated rings. The van der Waals surface area contributed by atoms with Crippen molar-refractivity contribution in [2.24, 2.45) is 23.7 Å². The summed E-state index contributed by atoms with van der Waals surface area (Å²) >= 11 is 0. The van der Waals surface area contributed by atoms with E-state index in [0.717, 1.165) is 36.5 Å². The summed E-state index contributed by atoms with van der Waals surface area (Å²) in [4.78, 5) is 10.5. The lowest BCUT2D eigenvalue weighted by molar-refractivity contribution is -0.137. The smallest absolute Gasteiger partial charge is 0.303 e. The minimum absolute atomic E-state index is 0.363. The highest BCUT2D eigenvalue weighted by Gasteiger charge is 2.33. The van der Waals surface area contributed by atoms with Crippen LogP contribution in [0.4, 0.5) is 0 Å². The molecule has 0 saturated heterocycles. The van der Waals surface area contributed by atoms with Gasteiger partial charge in [-0.05, 0) is 62.2 Å². The van der Waals surface area contributed by atoms with Gasteiger partial charge in [0.25, 0.3) is 0 Å². The zero-order valence-electron chi connectivity index (χ0n) is 11.0. The van der Waals surface area contributed by atoms with Crippen molar-refractivity contribution in [1.82, 2.24) is 0 Å². The van der Waals surface area contributed by atoms with Gasteiger partial charge in [0.15, 0.2) is 0 Å². The summed E-state index contributed by atoms with van der Waals surface area (Å²) in [6, 6.07) is 0. The average molecular weight is 238 g/mol. The third-order valence-electron chi connectivity index (χ3n) is 4.99. The number of carboxylic acids is 1. The van der Waals surface area contributed by atoms with Gasteiger partial charge < -0.3 is 5.11 Å². The lowest BCUT2D eigenvalue weighted by atomic mass is 9.64. The highest BCUT2D eigenvalue weighted by Crippen LogP contribution is 2.45. The molecule has 2 heteroatoms. The summed E-state index contributed by atoms with van der Waals surface area (Å²) < 4.78 is 0. The Balaban J connectivity index is 1.72. The van der Waals surface area contributed by atoms with E-state index in [2.05, 4.69) is 6.92 Å². The topological polar surface area (TPSA) is 37.3 Å². The Kier molecular flexibility index (Phi) is 4.47. The van der Waals surface area contributed by atoms with Gasteiger partial charge in [0.2, 0.25) is 0 Å². The molecule has 17 heavy (non-hydrogen) atoms. The van der Waals surface area contributed by atoms with Crippen molar-refractivity contribution in [3.05, 3.63) is 0 Å². The Bertz CT molecular complexity index is 262. The van der Waals surface area contributed by atoms with Gasteiger partial charge in [-0.2, -0.15) is 0 Å². The summed E-state index contributed by atoms with van der Waals surface area (Å²) in [5.74, 6) is 3.10. The maximum atomic E-state index is 10.5. The van der Waals surface area contributed by atoms with Gasteiger partial charge in [0.1, 0.15) is 0 Å². The molecule has 0 aromatic carbocycles. The van der Waals surface area contributed by atoms with Gasteiger partial charge in [-0.25, -0.2) is 0 Å². The highest BCUT2D eigenvalue weighted by molar-refractivity contribution is 5.66. The molecular formula is C15H26O2. The number of aliphatic carboxylic acids is 1. The van der Waals surface area contributed by atoms with Crippen molar-refractivity contribution in [3.8, 4) is 0 Å². The fourth-order valence-electron chi connectivity index (χ4n) is 4.03. The third-order valence-corrected chi connectivity index (χ3v) is 4.99. The number of carbonyl (C=O) groups is 1. The van der Waals surface area contributed by atoms with Gasteiger partial charge in [-0.15, -0.1) is 0 Å². The largest absolute Gasteiger partial charge is 0.481 e. The number of rotatable bonds is 4. The molecule has 0 heterocycles. The van der Waals surface area contributed by atoms with Crippen LogP contribution in [-0.2, 0) is 4.79 Å². The van der Waals surface area contributed by atoms with E-state index in [4.69, 9.17) is 5.11 Å². The van der Waals surface area contributed by atoms with E-state index < -0.39 is 5.97 Å². The van der Waals surface area contributed by atoms with Crippen molar-refractivity contribution in [2.45, 2.75) is 64.7 Å². The first-order chi connectivity index (χ1) is 8.15. The van der Waals surface area contributed by atoms with Crippen LogP contribution in [0.1, 0.15) is 64.7 Å². The summed E-state index contributed by atoms with van der Waals surface area (Å²) in [7, 11) is 0. The molecule has 0 spiro atoms. The maximum absolute atomic E-state index is 10.5. The van der Waals surface area contributed by atoms with E-state index in [1.807, 2.05) is 0 Å². The second kappa shape index (κ2) is 5.88. The van der Waals surface area contributed by atoms with Crippen molar-refractivity contribution in [1.29, 1.82) is 0 Å². The van der Waals surface area contributed by atoms with Crippen LogP contribution in [-0.4, -0.2) is 11.1 Å². The van der Waals surface area contributed by atoms with Crippen LogP contribution in [0.3, 0.4) is 0 Å². The zero-order valence-corrected chi connectivity index (χ0v) is 11.0. The SMILES string of the molecule is CC1CCC2CC(CCCC(=O)O)CCC2C1. The minimum Gasteiger partial charge on any atom is -0.481 e. The second-order valence-electron chi connectivity index (χ2n) is 6.40. The summed E-state index contributed by atoms with van der Waals surface area (Å²) in [5, 5.41) is 8.66. The van der Waals surface area contributed by atoms with Gasteiger partial charge in [-0.1, -0.05) is 19.8 Å². The predicted molar refractivity (Wildman–Crippen MR) is 68.8 cm³/mol. The fraction of sp³-hybridized carbons (Fsp3) is 0.933. The molecule has 1 N–H and O–H groups in total. The van der Waals surface area contributed by atoms with Crippen LogP contribution in [0.25, 0.3) is 0 Å². The molecule has 0 aromatic heterocycles. The molecule has 4 unspecified atom stereocenters. The summed E-state index contributed by atoms with van der Waals surface area (Å²) in [6.07, 6.45) is 10.8. The van der Waals surface area contributed by atoms with E-state index in [1.165, 1.54) is 38.5 Å². The van der Waals surface area contributed by atoms with Crippen LogP contribution in [0.2, 0.25) is 0 Å². The van der Waals surface area contributed by atoms with Gasteiger partial charge in [0, 0.05) is 6.42 Å². The molecule has 4 atom stereocenters. The molecule has 2 aliphatic carbocycles. The van der Waals surface area contributed by atoms with E-state index >= 15 is 0 Å². The first kappa shape index (κ1) is 12.9. The Morgan fingerprint density at radius 1 is 1.12 bits per heavy atom. The molecule has 0 bridgehead atoms. The van der Waals surface area contributed by atoms with Crippen molar-refractivity contribution < 1.29 is 9.90 Å². The molecule has 0 amide bonds. The third kappa shape index (κ3) is 3.72. The van der Waals surface area contributed by atoms with E-state index in [1.54, 1.807) is 0 Å². The number of carboxylic acid groups (broad SMARTS) is 1. The van der Waals surface area contributed by atoms with Crippen LogP contribution in [0, 0.1) is 23.7 Å². The first-order valence-electron chi connectivity index (χ1n) is 7.37. The second-order valence-corrected chi connectivity index (χ2v) is 6.40. The lowest BCUT2D eigenvalue weighted by Crippen LogP contribution is -2.30. The lowest BCUT2D eigenvalue weighted by Gasteiger charge is -2.41. The Labute approximate surface area is 105 Å². The Morgan fingerprint density at radius 3 is 2.59 bits per heavy atom. The fourth-order valence-corrected chi connectivity index (χ4v) is 4.03. The maximum Gasteiger partial charge on any atom is 0.303 e. The monoisotopic (exact) mass is 238 g/mol. The van der Waals surface area contributed by atoms with Crippen LogP contribution in [0.15, 0.2) is 0 Å². The van der Waals surface area contributed by atoms with E-state index in [-0.39, 0.29) is 0 Å². The standard InChI is InChI=1S/C15H26O2/c1-11-5-7-14-10-12(3-2-4-15(16)17)6-8-13(14)9-11/h11-14H,2-10H2,1H3,(H,16,17). The van der Waals surface area contributed by atoms with Crippen LogP contribution >= 0.6 is 0 Å². The van der Waals surface area contributed by atoms with E-state index in [0.29, 0.717) is 6.42 Å².